The maximum absolute atomic E-state index is 13.3. The lowest BCUT2D eigenvalue weighted by atomic mass is 9.93. The van der Waals surface area contributed by atoms with Crippen molar-refractivity contribution in [3.05, 3.63) is 90.5 Å². The molecular weight excluding hydrogens is 438 g/mol. The van der Waals surface area contributed by atoms with Gasteiger partial charge in [0.1, 0.15) is 6.61 Å². The summed E-state index contributed by atoms with van der Waals surface area (Å²) >= 11 is 0. The van der Waals surface area contributed by atoms with E-state index >= 15 is 0 Å². The molecule has 0 radical (unpaired) electrons. The number of ether oxygens (including phenoxy) is 1. The van der Waals surface area contributed by atoms with Gasteiger partial charge in [0.15, 0.2) is 8.32 Å². The molecule has 3 atom stereocenters. The van der Waals surface area contributed by atoms with Gasteiger partial charge < -0.3 is 9.16 Å². The van der Waals surface area contributed by atoms with Gasteiger partial charge in [0.25, 0.3) is 0 Å². The predicted octanol–water partition coefficient (Wildman–Crippen LogP) is 7.45. The second kappa shape index (κ2) is 11.2. The number of benzene rings is 2. The molecule has 0 saturated carbocycles. The Morgan fingerprint density at radius 3 is 2.21 bits per heavy atom. The molecule has 0 aliphatic carbocycles. The maximum Gasteiger partial charge on any atom is 0.411 e. The molecule has 5 heteroatoms. The summed E-state index contributed by atoms with van der Waals surface area (Å²) in [4.78, 5) is 15.1. The predicted molar refractivity (Wildman–Crippen MR) is 143 cm³/mol. The van der Waals surface area contributed by atoms with Crippen LogP contribution in [0, 0.1) is 0 Å². The Morgan fingerprint density at radius 2 is 1.62 bits per heavy atom. The number of piperidine rings is 1. The van der Waals surface area contributed by atoms with Gasteiger partial charge in [-0.15, -0.1) is 6.58 Å². The van der Waals surface area contributed by atoms with Crippen LogP contribution in [0.15, 0.2) is 79.4 Å². The number of likely N-dealkylation sites (tertiary alicyclic amines) is 1. The molecule has 2 aromatic carbocycles. The van der Waals surface area contributed by atoms with E-state index in [0.717, 1.165) is 24.0 Å². The van der Waals surface area contributed by atoms with Crippen LogP contribution in [0.2, 0.25) is 18.1 Å². The van der Waals surface area contributed by atoms with Gasteiger partial charge in [0.2, 0.25) is 0 Å². The topological polar surface area (TPSA) is 38.8 Å². The van der Waals surface area contributed by atoms with Crippen molar-refractivity contribution in [1.82, 2.24) is 4.90 Å². The van der Waals surface area contributed by atoms with Crippen molar-refractivity contribution in [1.29, 1.82) is 0 Å². The monoisotopic (exact) mass is 477 g/mol. The lowest BCUT2D eigenvalue weighted by Crippen LogP contribution is -2.55. The largest absolute Gasteiger partial charge is 0.445 e. The smallest absolute Gasteiger partial charge is 0.411 e. The van der Waals surface area contributed by atoms with Crippen molar-refractivity contribution >= 4 is 20.5 Å². The number of carbonyl (C=O) groups is 1. The number of amides is 1. The summed E-state index contributed by atoms with van der Waals surface area (Å²) in [7, 11) is -1.95. The first-order chi connectivity index (χ1) is 16.1. The third kappa shape index (κ3) is 6.70. The summed E-state index contributed by atoms with van der Waals surface area (Å²) in [6.07, 6.45) is 7.25. The highest BCUT2D eigenvalue weighted by Gasteiger charge is 2.43. The summed E-state index contributed by atoms with van der Waals surface area (Å²) in [6, 6.07) is 19.6. The summed E-state index contributed by atoms with van der Waals surface area (Å²) in [6.45, 7) is 15.6. The van der Waals surface area contributed by atoms with Crippen LogP contribution in [0.5, 0.6) is 0 Å². The minimum atomic E-state index is -1.95. The van der Waals surface area contributed by atoms with E-state index in [1.54, 1.807) is 0 Å². The van der Waals surface area contributed by atoms with E-state index in [2.05, 4.69) is 64.7 Å². The molecule has 0 aromatic heterocycles. The molecule has 1 heterocycles. The van der Waals surface area contributed by atoms with E-state index in [1.165, 1.54) is 0 Å². The van der Waals surface area contributed by atoms with Gasteiger partial charge in [-0.25, -0.2) is 4.79 Å². The first-order valence-electron chi connectivity index (χ1n) is 12.1. The average molecular weight is 478 g/mol. The van der Waals surface area contributed by atoms with Gasteiger partial charge in [-0.05, 0) is 42.1 Å². The van der Waals surface area contributed by atoms with Crippen LogP contribution < -0.4 is 0 Å². The number of nitrogens with zero attached hydrogens (tertiary/aromatic N) is 1. The van der Waals surface area contributed by atoms with Gasteiger partial charge in [0, 0.05) is 6.10 Å². The third-order valence-electron chi connectivity index (χ3n) is 6.99. The van der Waals surface area contributed by atoms with E-state index in [-0.39, 0.29) is 35.9 Å². The molecule has 1 amide bonds. The molecule has 1 fully saturated rings. The lowest BCUT2D eigenvalue weighted by Gasteiger charge is -2.46. The minimum Gasteiger partial charge on any atom is -0.445 e. The minimum absolute atomic E-state index is 0.0625. The highest BCUT2D eigenvalue weighted by molar-refractivity contribution is 6.74. The normalized spacial score (nSPS) is 21.4. The second-order valence-electron chi connectivity index (χ2n) is 10.6. The Kier molecular flexibility index (Phi) is 8.55. The Hall–Kier alpha value is -2.63. The Labute approximate surface area is 206 Å². The highest BCUT2D eigenvalue weighted by Crippen LogP contribution is 2.40. The van der Waals surface area contributed by atoms with E-state index in [9.17, 15) is 4.79 Å². The van der Waals surface area contributed by atoms with E-state index in [0.29, 0.717) is 0 Å². The molecular formula is C29H39NO3Si. The van der Waals surface area contributed by atoms with Crippen molar-refractivity contribution in [2.75, 3.05) is 0 Å². The zero-order valence-corrected chi connectivity index (χ0v) is 22.2. The highest BCUT2D eigenvalue weighted by atomic mass is 28.4. The summed E-state index contributed by atoms with van der Waals surface area (Å²) in [5.74, 6) is 0. The van der Waals surface area contributed by atoms with Crippen molar-refractivity contribution in [2.24, 2.45) is 0 Å². The first kappa shape index (κ1) is 26.0. The molecule has 0 N–H and O–H groups in total. The number of carbonyl (C=O) groups excluding carboxylic acids is 1. The molecule has 2 aromatic rings. The fourth-order valence-corrected chi connectivity index (χ4v) is 5.41. The quantitative estimate of drug-likeness (QED) is 0.307. The molecule has 0 unspecified atom stereocenters. The molecule has 1 aliphatic rings. The zero-order chi connectivity index (χ0) is 24.8. The van der Waals surface area contributed by atoms with Crippen LogP contribution in [0.25, 0.3) is 6.08 Å². The van der Waals surface area contributed by atoms with E-state index in [4.69, 9.17) is 9.16 Å². The molecule has 0 bridgehead atoms. The Bertz CT molecular complexity index is 966. The fourth-order valence-electron chi connectivity index (χ4n) is 4.03. The van der Waals surface area contributed by atoms with Gasteiger partial charge >= 0.3 is 6.09 Å². The third-order valence-corrected chi connectivity index (χ3v) is 11.5. The average Bonchev–Trinajstić information content (AvgIpc) is 2.81. The Morgan fingerprint density at radius 1 is 1.03 bits per heavy atom. The van der Waals surface area contributed by atoms with E-state index < -0.39 is 8.32 Å². The standard InChI is InChI=1S/C29H39NO3Si/c1-7-25-20-27(33-34(5,6)29(2,3)4)21-26(19-18-23-14-10-8-11-15-23)30(25)28(31)32-22-24-16-12-9-13-17-24/h7-19,25-27H,1,20-22H2,2-6H3/b19-18+/t25-,26+,27+/m0/s1. The molecule has 1 saturated heterocycles. The maximum atomic E-state index is 13.3. The van der Waals surface area contributed by atoms with Crippen LogP contribution in [0.4, 0.5) is 4.79 Å². The summed E-state index contributed by atoms with van der Waals surface area (Å²) < 4.78 is 12.5. The molecule has 0 spiro atoms. The van der Waals surface area contributed by atoms with Crippen LogP contribution in [0.3, 0.4) is 0 Å². The van der Waals surface area contributed by atoms with E-state index in [1.807, 2.05) is 59.5 Å². The molecule has 182 valence electrons. The zero-order valence-electron chi connectivity index (χ0n) is 21.2. The van der Waals surface area contributed by atoms with Crippen molar-refractivity contribution < 1.29 is 14.0 Å². The molecule has 4 nitrogen and oxygen atoms in total. The first-order valence-corrected chi connectivity index (χ1v) is 15.0. The van der Waals surface area contributed by atoms with Crippen LogP contribution >= 0.6 is 0 Å². The van der Waals surface area contributed by atoms with Crippen LogP contribution in [-0.2, 0) is 15.8 Å². The molecule has 3 rings (SSSR count). The van der Waals surface area contributed by atoms with Gasteiger partial charge in [0.05, 0.1) is 12.1 Å². The van der Waals surface area contributed by atoms with Crippen molar-refractivity contribution in [3.63, 3.8) is 0 Å². The second-order valence-corrected chi connectivity index (χ2v) is 15.3. The molecule has 1 aliphatic heterocycles. The summed E-state index contributed by atoms with van der Waals surface area (Å²) in [5.41, 5.74) is 2.07. The number of hydrogen-bond acceptors (Lipinski definition) is 3. The van der Waals surface area contributed by atoms with Gasteiger partial charge in [-0.3, -0.25) is 4.90 Å². The van der Waals surface area contributed by atoms with Crippen molar-refractivity contribution in [3.8, 4) is 0 Å². The van der Waals surface area contributed by atoms with Crippen LogP contribution in [0.1, 0.15) is 44.7 Å². The fraction of sp³-hybridized carbons (Fsp3) is 0.414. The summed E-state index contributed by atoms with van der Waals surface area (Å²) in [5, 5.41) is 0.123. The van der Waals surface area contributed by atoms with Crippen LogP contribution in [-0.4, -0.2) is 37.5 Å². The number of rotatable bonds is 7. The molecule has 34 heavy (non-hydrogen) atoms. The van der Waals surface area contributed by atoms with Crippen molar-refractivity contribution in [2.45, 2.75) is 76.5 Å². The number of hydrogen-bond donors (Lipinski definition) is 0. The van der Waals surface area contributed by atoms with Gasteiger partial charge in [-0.2, -0.15) is 0 Å². The SMILES string of the molecule is C=C[C@H]1C[C@@H](O[Si](C)(C)C(C)(C)C)C[C@@H](/C=C/c2ccccc2)N1C(=O)OCc1ccccc1. The Balaban J connectivity index is 1.83. The lowest BCUT2D eigenvalue weighted by molar-refractivity contribution is 0.0247. The van der Waals surface area contributed by atoms with Gasteiger partial charge in [-0.1, -0.05) is 99.7 Å².